The number of carbonyl (C=O) groups excluding carboxylic acids is 2. The number of ketones is 1. The van der Waals surface area contributed by atoms with Crippen molar-refractivity contribution in [3.8, 4) is 0 Å². The molecule has 0 bridgehead atoms. The molecule has 6 heteroatoms. The number of rotatable bonds is 4. The highest BCUT2D eigenvalue weighted by Gasteiger charge is 2.47. The van der Waals surface area contributed by atoms with Gasteiger partial charge in [0, 0.05) is 38.4 Å². The molecule has 1 aliphatic heterocycles. The van der Waals surface area contributed by atoms with Crippen molar-refractivity contribution in [2.45, 2.75) is 32.7 Å². The molecule has 1 unspecified atom stereocenters. The summed E-state index contributed by atoms with van der Waals surface area (Å²) in [6, 6.07) is 20.0. The fraction of sp³-hybridized carbons (Fsp3) is 0.172. The Morgan fingerprint density at radius 3 is 2.43 bits per heavy atom. The van der Waals surface area contributed by atoms with Gasteiger partial charge in [-0.1, -0.05) is 66.2 Å². The number of aromatic nitrogens is 1. The Bertz CT molecular complexity index is 1500. The van der Waals surface area contributed by atoms with Gasteiger partial charge in [-0.05, 0) is 54.3 Å². The largest absolute Gasteiger partial charge is 0.507 e. The van der Waals surface area contributed by atoms with Crippen molar-refractivity contribution in [2.75, 3.05) is 4.90 Å². The smallest absolute Gasteiger partial charge is 0.300 e. The van der Waals surface area contributed by atoms with Gasteiger partial charge in [0.1, 0.15) is 5.76 Å². The third-order valence-corrected chi connectivity index (χ3v) is 7.52. The van der Waals surface area contributed by atoms with E-state index in [1.54, 1.807) is 12.1 Å². The Kier molecular flexibility index (Phi) is 5.85. The number of fused-ring (bicyclic) bond motifs is 1. The molecule has 5 rings (SSSR count). The zero-order chi connectivity index (χ0) is 24.9. The lowest BCUT2D eigenvalue weighted by molar-refractivity contribution is -0.132. The molecule has 1 saturated heterocycles. The summed E-state index contributed by atoms with van der Waals surface area (Å²) in [6.07, 6.45) is 1.82. The van der Waals surface area contributed by atoms with Gasteiger partial charge < -0.3 is 10.1 Å². The maximum Gasteiger partial charge on any atom is 0.300 e. The maximum absolute atomic E-state index is 13.4. The summed E-state index contributed by atoms with van der Waals surface area (Å²) in [4.78, 5) is 31.6. The van der Waals surface area contributed by atoms with Crippen LogP contribution in [0.1, 0.15) is 48.1 Å². The molecule has 176 valence electrons. The second-order valence-electron chi connectivity index (χ2n) is 9.17. The Labute approximate surface area is 212 Å². The second-order valence-corrected chi connectivity index (χ2v) is 10.0. The number of benzene rings is 3. The number of nitrogens with one attached hydrogen (secondary N) is 1. The van der Waals surface area contributed by atoms with Crippen LogP contribution in [-0.2, 0) is 9.59 Å². The molecule has 1 aromatic heterocycles. The van der Waals surface area contributed by atoms with Gasteiger partial charge in [-0.2, -0.15) is 0 Å². The highest BCUT2D eigenvalue weighted by atomic mass is 79.9. The quantitative estimate of drug-likeness (QED) is 0.170. The number of hydrogen-bond donors (Lipinski definition) is 2. The molecule has 35 heavy (non-hydrogen) atoms. The van der Waals surface area contributed by atoms with Crippen LogP contribution in [0.4, 0.5) is 5.69 Å². The number of Topliss-reactive ketones (excluding diaryl/α,β-unsaturated/α-hetero) is 1. The van der Waals surface area contributed by atoms with Crippen molar-refractivity contribution in [3.63, 3.8) is 0 Å². The van der Waals surface area contributed by atoms with Crippen molar-refractivity contribution in [1.29, 1.82) is 0 Å². The van der Waals surface area contributed by atoms with Gasteiger partial charge in [0.15, 0.2) is 0 Å². The summed E-state index contributed by atoms with van der Waals surface area (Å²) in [6.45, 7) is 6.12. The van der Waals surface area contributed by atoms with Gasteiger partial charge in [0.2, 0.25) is 0 Å². The number of aromatic amines is 1. The van der Waals surface area contributed by atoms with Crippen molar-refractivity contribution in [3.05, 3.63) is 105 Å². The lowest BCUT2D eigenvalue weighted by atomic mass is 9.94. The Morgan fingerprint density at radius 2 is 1.74 bits per heavy atom. The summed E-state index contributed by atoms with van der Waals surface area (Å²) in [7, 11) is 0. The SMILES string of the molecule is Cc1cc(/C(O)=C2\C(=O)C(=O)N(c3ccc(C(C)C)cc3)C2c2c[nH]c3ccccc23)ccc1Br. The molecule has 1 fully saturated rings. The number of aryl methyl sites for hydroxylation is 1. The number of hydrogen-bond acceptors (Lipinski definition) is 3. The zero-order valence-corrected chi connectivity index (χ0v) is 21.3. The van der Waals surface area contributed by atoms with Crippen LogP contribution in [0, 0.1) is 6.92 Å². The molecular weight excluding hydrogens is 504 g/mol. The average molecular weight is 529 g/mol. The van der Waals surface area contributed by atoms with Crippen LogP contribution >= 0.6 is 15.9 Å². The van der Waals surface area contributed by atoms with E-state index in [-0.39, 0.29) is 11.3 Å². The highest BCUT2D eigenvalue weighted by Crippen LogP contribution is 2.44. The number of aliphatic hydroxyl groups excluding tert-OH is 1. The summed E-state index contributed by atoms with van der Waals surface area (Å²) in [5.41, 5.74) is 4.87. The summed E-state index contributed by atoms with van der Waals surface area (Å²) in [5, 5.41) is 12.3. The van der Waals surface area contributed by atoms with Crippen LogP contribution in [-0.4, -0.2) is 21.8 Å². The van der Waals surface area contributed by atoms with Crippen molar-refractivity contribution < 1.29 is 14.7 Å². The van der Waals surface area contributed by atoms with E-state index in [4.69, 9.17) is 0 Å². The van der Waals surface area contributed by atoms with Crippen LogP contribution in [0.25, 0.3) is 16.7 Å². The van der Waals surface area contributed by atoms with E-state index in [1.165, 1.54) is 4.90 Å². The Morgan fingerprint density at radius 1 is 1.03 bits per heavy atom. The third-order valence-electron chi connectivity index (χ3n) is 6.63. The Hall–Kier alpha value is -3.64. The topological polar surface area (TPSA) is 73.4 Å². The molecule has 2 N–H and O–H groups in total. The number of para-hydroxylation sites is 1. The number of amides is 1. The number of halogens is 1. The van der Waals surface area contributed by atoms with E-state index in [9.17, 15) is 14.7 Å². The molecule has 0 spiro atoms. The predicted octanol–water partition coefficient (Wildman–Crippen LogP) is 6.99. The normalized spacial score (nSPS) is 17.6. The lowest BCUT2D eigenvalue weighted by Crippen LogP contribution is -2.29. The standard InChI is InChI=1S/C29H25BrN2O3/c1-16(2)18-8-11-20(12-9-18)32-26(22-15-31-24-7-5-4-6-21(22)24)25(28(34)29(32)35)27(33)19-10-13-23(30)17(3)14-19/h4-16,26,31,33H,1-3H3/b27-25+. The fourth-order valence-corrected chi connectivity index (χ4v) is 4.93. The van der Waals surface area contributed by atoms with E-state index in [2.05, 4.69) is 34.8 Å². The molecule has 0 aliphatic carbocycles. The molecular formula is C29H25BrN2O3. The minimum absolute atomic E-state index is 0.0782. The van der Waals surface area contributed by atoms with Crippen LogP contribution in [0.3, 0.4) is 0 Å². The minimum atomic E-state index is -0.778. The number of anilines is 1. The average Bonchev–Trinajstić information content (AvgIpc) is 3.39. The lowest BCUT2D eigenvalue weighted by Gasteiger charge is -2.25. The Balaban J connectivity index is 1.75. The van der Waals surface area contributed by atoms with Crippen molar-refractivity contribution >= 4 is 50.0 Å². The molecule has 1 amide bonds. The second kappa shape index (κ2) is 8.86. The van der Waals surface area contributed by atoms with Gasteiger partial charge in [-0.3, -0.25) is 14.5 Å². The molecule has 1 atom stereocenters. The first-order chi connectivity index (χ1) is 16.8. The molecule has 1 aliphatic rings. The predicted molar refractivity (Wildman–Crippen MR) is 142 cm³/mol. The zero-order valence-electron chi connectivity index (χ0n) is 19.7. The minimum Gasteiger partial charge on any atom is -0.507 e. The van der Waals surface area contributed by atoms with Gasteiger partial charge >= 0.3 is 0 Å². The fourth-order valence-electron chi connectivity index (χ4n) is 4.68. The molecule has 0 saturated carbocycles. The monoisotopic (exact) mass is 528 g/mol. The first-order valence-electron chi connectivity index (χ1n) is 11.5. The molecule has 2 heterocycles. The first kappa shape index (κ1) is 23.1. The molecule has 5 nitrogen and oxygen atoms in total. The van der Waals surface area contributed by atoms with Crippen LogP contribution in [0.5, 0.6) is 0 Å². The van der Waals surface area contributed by atoms with Crippen LogP contribution in [0.15, 0.2) is 83.0 Å². The van der Waals surface area contributed by atoms with E-state index < -0.39 is 17.7 Å². The molecule has 0 radical (unpaired) electrons. The van der Waals surface area contributed by atoms with Crippen molar-refractivity contribution in [2.24, 2.45) is 0 Å². The van der Waals surface area contributed by atoms with Crippen molar-refractivity contribution in [1.82, 2.24) is 4.98 Å². The third kappa shape index (κ3) is 3.88. The van der Waals surface area contributed by atoms with Gasteiger partial charge in [0.05, 0.1) is 11.6 Å². The summed E-state index contributed by atoms with van der Waals surface area (Å²) < 4.78 is 0.896. The first-order valence-corrected chi connectivity index (χ1v) is 12.3. The summed E-state index contributed by atoms with van der Waals surface area (Å²) >= 11 is 3.48. The number of carbonyl (C=O) groups is 2. The highest BCUT2D eigenvalue weighted by molar-refractivity contribution is 9.10. The van der Waals surface area contributed by atoms with Gasteiger partial charge in [0.25, 0.3) is 11.7 Å². The van der Waals surface area contributed by atoms with Crippen LogP contribution < -0.4 is 4.90 Å². The van der Waals surface area contributed by atoms with E-state index in [0.717, 1.165) is 32.1 Å². The number of aliphatic hydroxyl groups is 1. The van der Waals surface area contributed by atoms with E-state index in [1.807, 2.05) is 67.7 Å². The maximum atomic E-state index is 13.4. The van der Waals surface area contributed by atoms with Gasteiger partial charge in [-0.15, -0.1) is 0 Å². The van der Waals surface area contributed by atoms with Gasteiger partial charge in [-0.25, -0.2) is 0 Å². The number of nitrogens with zero attached hydrogens (tertiary/aromatic N) is 1. The van der Waals surface area contributed by atoms with E-state index in [0.29, 0.717) is 17.2 Å². The summed E-state index contributed by atoms with van der Waals surface area (Å²) in [5.74, 6) is -1.21. The molecule has 4 aromatic rings. The van der Waals surface area contributed by atoms with E-state index >= 15 is 0 Å². The number of H-pyrrole nitrogens is 1. The molecule has 3 aromatic carbocycles. The van der Waals surface area contributed by atoms with Crippen LogP contribution in [0.2, 0.25) is 0 Å².